The van der Waals surface area contributed by atoms with Crippen LogP contribution in [0.25, 0.3) is 6.08 Å². The highest BCUT2D eigenvalue weighted by Gasteiger charge is 2.40. The molecule has 0 bridgehead atoms. The van der Waals surface area contributed by atoms with Crippen molar-refractivity contribution >= 4 is 58.0 Å². The number of para-hydroxylation sites is 1. The molecule has 2 heterocycles. The summed E-state index contributed by atoms with van der Waals surface area (Å²) in [6.07, 6.45) is 5.78. The lowest BCUT2D eigenvalue weighted by molar-refractivity contribution is -0.145. The molecule has 0 aromatic heterocycles. The molecule has 1 saturated heterocycles. The number of nitrogens with zero attached hydrogens (tertiary/aromatic N) is 1. The van der Waals surface area contributed by atoms with E-state index in [9.17, 15) is 14.7 Å². The van der Waals surface area contributed by atoms with E-state index in [1.165, 1.54) is 4.90 Å². The zero-order chi connectivity index (χ0) is 19.6. The van der Waals surface area contributed by atoms with Crippen molar-refractivity contribution in [3.8, 4) is 5.75 Å². The average molecular weight is 422 g/mol. The summed E-state index contributed by atoms with van der Waals surface area (Å²) < 4.78 is 6.19. The van der Waals surface area contributed by atoms with E-state index in [-0.39, 0.29) is 16.3 Å². The third-order valence-corrected chi connectivity index (χ3v) is 6.30. The summed E-state index contributed by atoms with van der Waals surface area (Å²) in [6.45, 7) is 1.91. The van der Waals surface area contributed by atoms with Crippen LogP contribution in [0.4, 0.5) is 0 Å². The van der Waals surface area contributed by atoms with E-state index in [1.54, 1.807) is 17.8 Å². The number of amides is 1. The Balaban J connectivity index is 1.88. The van der Waals surface area contributed by atoms with Gasteiger partial charge in [0.15, 0.2) is 0 Å². The predicted octanol–water partition coefficient (Wildman–Crippen LogP) is 3.80. The second kappa shape index (κ2) is 8.50. The number of hydrogen-bond donors (Lipinski definition) is 1. The van der Waals surface area contributed by atoms with Gasteiger partial charge in [0.1, 0.15) is 22.2 Å². The molecule has 1 amide bonds. The molecular weight excluding hydrogens is 402 g/mol. The summed E-state index contributed by atoms with van der Waals surface area (Å²) in [6, 6.07) is 6.75. The fourth-order valence-corrected chi connectivity index (χ4v) is 4.73. The second-order valence-electron chi connectivity index (χ2n) is 6.13. The Morgan fingerprint density at radius 3 is 2.93 bits per heavy atom. The largest absolute Gasteiger partial charge is 0.485 e. The zero-order valence-corrected chi connectivity index (χ0v) is 17.3. The van der Waals surface area contributed by atoms with E-state index in [0.29, 0.717) is 17.1 Å². The molecule has 0 spiro atoms. The van der Waals surface area contributed by atoms with Gasteiger partial charge >= 0.3 is 5.97 Å². The number of carboxylic acid groups (broad SMARTS) is 1. The number of hydrogen-bond acceptors (Lipinski definition) is 6. The molecule has 2 atom stereocenters. The molecule has 1 aromatic carbocycles. The summed E-state index contributed by atoms with van der Waals surface area (Å²) in [5, 5.41) is 9.53. The van der Waals surface area contributed by atoms with Gasteiger partial charge < -0.3 is 9.84 Å². The van der Waals surface area contributed by atoms with Crippen LogP contribution in [0.2, 0.25) is 0 Å². The molecule has 1 aromatic rings. The number of fused-ring (bicyclic) bond motifs is 1. The normalized spacial score (nSPS) is 21.7. The van der Waals surface area contributed by atoms with E-state index in [4.69, 9.17) is 17.0 Å². The number of ether oxygens (including phenoxy) is 1. The molecule has 142 valence electrons. The highest BCUT2D eigenvalue weighted by Crippen LogP contribution is 2.37. The summed E-state index contributed by atoms with van der Waals surface area (Å²) >= 11 is 7.99. The van der Waals surface area contributed by atoms with Crippen LogP contribution in [0.5, 0.6) is 5.75 Å². The van der Waals surface area contributed by atoms with Crippen LogP contribution in [0.1, 0.15) is 18.9 Å². The van der Waals surface area contributed by atoms with Crippen molar-refractivity contribution in [1.29, 1.82) is 0 Å². The van der Waals surface area contributed by atoms with Crippen molar-refractivity contribution in [2.75, 3.05) is 12.0 Å². The lowest BCUT2D eigenvalue weighted by atomic mass is 10.0. The van der Waals surface area contributed by atoms with E-state index < -0.39 is 12.0 Å². The summed E-state index contributed by atoms with van der Waals surface area (Å²) in [4.78, 5) is 26.2. The van der Waals surface area contributed by atoms with E-state index in [2.05, 4.69) is 0 Å². The molecule has 1 N–H and O–H groups in total. The van der Waals surface area contributed by atoms with Crippen LogP contribution in [-0.2, 0) is 9.59 Å². The second-order valence-corrected chi connectivity index (χ2v) is 8.79. The molecule has 0 radical (unpaired) electrons. The lowest BCUT2D eigenvalue weighted by Crippen LogP contribution is -2.44. The van der Waals surface area contributed by atoms with Crippen LogP contribution in [0.3, 0.4) is 0 Å². The number of thiocarbonyl (C=S) groups is 1. The van der Waals surface area contributed by atoms with Crippen LogP contribution in [0, 0.1) is 0 Å². The quantitative estimate of drug-likeness (QED) is 0.553. The van der Waals surface area contributed by atoms with Crippen molar-refractivity contribution in [1.82, 2.24) is 4.90 Å². The zero-order valence-electron chi connectivity index (χ0n) is 14.9. The Morgan fingerprint density at radius 2 is 2.22 bits per heavy atom. The maximum Gasteiger partial charge on any atom is 0.326 e. The molecule has 5 nitrogen and oxygen atoms in total. The molecule has 8 heteroatoms. The Bertz CT molecular complexity index is 849. The molecular formula is C19H19NO4S3. The highest BCUT2D eigenvalue weighted by atomic mass is 32.2. The smallest absolute Gasteiger partial charge is 0.326 e. The Hall–Kier alpha value is -1.77. The Labute approximate surface area is 171 Å². The summed E-state index contributed by atoms with van der Waals surface area (Å²) in [5.41, 5.74) is 1.80. The first-order valence-electron chi connectivity index (χ1n) is 8.38. The first-order valence-corrected chi connectivity index (χ1v) is 11.0. The molecule has 0 unspecified atom stereocenters. The summed E-state index contributed by atoms with van der Waals surface area (Å²) in [5.74, 6) is 0.0483. The average Bonchev–Trinajstić information content (AvgIpc) is 2.90. The maximum atomic E-state index is 12.9. The van der Waals surface area contributed by atoms with Gasteiger partial charge in [-0.05, 0) is 49.1 Å². The summed E-state index contributed by atoms with van der Waals surface area (Å²) in [7, 11) is 0. The predicted molar refractivity (Wildman–Crippen MR) is 114 cm³/mol. The third kappa shape index (κ3) is 4.23. The Kier molecular flexibility index (Phi) is 6.29. The Morgan fingerprint density at radius 1 is 1.48 bits per heavy atom. The van der Waals surface area contributed by atoms with Gasteiger partial charge in [-0.1, -0.05) is 42.2 Å². The molecule has 2 aliphatic heterocycles. The monoisotopic (exact) mass is 421 g/mol. The van der Waals surface area contributed by atoms with Crippen molar-refractivity contribution < 1.29 is 19.4 Å². The SMILES string of the molecule is CSCC[C@@H](C(=O)O)N1C(=O)/C(=C/C2=Cc3ccccc3O[C@@H]2C)SC1=S. The van der Waals surface area contributed by atoms with Gasteiger partial charge in [-0.3, -0.25) is 9.69 Å². The fraction of sp³-hybridized carbons (Fsp3) is 0.316. The number of rotatable bonds is 6. The number of thioether (sulfide) groups is 2. The van der Waals surface area contributed by atoms with Crippen LogP contribution < -0.4 is 4.74 Å². The molecule has 2 aliphatic rings. The third-order valence-electron chi connectivity index (χ3n) is 4.33. The highest BCUT2D eigenvalue weighted by molar-refractivity contribution is 8.26. The van der Waals surface area contributed by atoms with Gasteiger partial charge in [-0.25, -0.2) is 4.79 Å². The van der Waals surface area contributed by atoms with E-state index in [0.717, 1.165) is 28.6 Å². The van der Waals surface area contributed by atoms with Crippen molar-refractivity contribution in [3.63, 3.8) is 0 Å². The standard InChI is InChI=1S/C19H19NO4S3/c1-11-13(9-12-5-3-4-6-15(12)24-11)10-16-17(21)20(19(25)27-16)14(18(22)23)7-8-26-2/h3-6,9-11,14H,7-8H2,1-2H3,(H,22,23)/b16-10-/t11-,14+/m1/s1. The van der Waals surface area contributed by atoms with Crippen molar-refractivity contribution in [3.05, 3.63) is 46.4 Å². The molecule has 0 aliphatic carbocycles. The number of aliphatic carboxylic acids is 1. The maximum absolute atomic E-state index is 12.9. The van der Waals surface area contributed by atoms with Gasteiger partial charge in [0.05, 0.1) is 4.91 Å². The molecule has 0 saturated carbocycles. The topological polar surface area (TPSA) is 66.8 Å². The fourth-order valence-electron chi connectivity index (χ4n) is 2.91. The first-order chi connectivity index (χ1) is 12.9. The number of carboxylic acids is 1. The number of benzene rings is 1. The molecule has 27 heavy (non-hydrogen) atoms. The van der Waals surface area contributed by atoms with E-state index in [1.807, 2.05) is 43.5 Å². The van der Waals surface area contributed by atoms with Crippen LogP contribution in [-0.4, -0.2) is 50.4 Å². The minimum Gasteiger partial charge on any atom is -0.485 e. The number of carbonyl (C=O) groups is 2. The van der Waals surface area contributed by atoms with Gasteiger partial charge in [0.25, 0.3) is 5.91 Å². The minimum absolute atomic E-state index is 0.213. The van der Waals surface area contributed by atoms with Gasteiger partial charge in [-0.15, -0.1) is 0 Å². The lowest BCUT2D eigenvalue weighted by Gasteiger charge is -2.23. The van der Waals surface area contributed by atoms with Crippen molar-refractivity contribution in [2.24, 2.45) is 0 Å². The first kappa shape index (κ1) is 20.0. The molecule has 1 fully saturated rings. The van der Waals surface area contributed by atoms with Gasteiger partial charge in [-0.2, -0.15) is 11.8 Å². The number of carbonyl (C=O) groups excluding carboxylic acids is 1. The molecule has 3 rings (SSSR count). The van der Waals surface area contributed by atoms with E-state index >= 15 is 0 Å². The van der Waals surface area contributed by atoms with Crippen LogP contribution in [0.15, 0.2) is 40.8 Å². The minimum atomic E-state index is -1.04. The van der Waals surface area contributed by atoms with Crippen LogP contribution >= 0.6 is 35.7 Å². The van der Waals surface area contributed by atoms with Crippen molar-refractivity contribution in [2.45, 2.75) is 25.5 Å². The van der Waals surface area contributed by atoms with Gasteiger partial charge in [0, 0.05) is 5.56 Å². The van der Waals surface area contributed by atoms with Gasteiger partial charge in [0.2, 0.25) is 0 Å².